The lowest BCUT2D eigenvalue weighted by Crippen LogP contribution is -1.85. The molecule has 0 aliphatic rings. The molecule has 0 spiro atoms. The van der Waals surface area contributed by atoms with Gasteiger partial charge in [-0.05, 0) is 24.0 Å². The molecule has 0 aliphatic heterocycles. The highest BCUT2D eigenvalue weighted by atomic mass is 32.1. The number of benzene rings is 1. The molecule has 1 aromatic carbocycles. The van der Waals surface area contributed by atoms with E-state index >= 15 is 0 Å². The average Bonchev–Trinajstić information content (AvgIpc) is 2.52. The van der Waals surface area contributed by atoms with Crippen molar-refractivity contribution in [3.8, 4) is 5.75 Å². The minimum Gasteiger partial charge on any atom is -0.495 e. The summed E-state index contributed by atoms with van der Waals surface area (Å²) >= 11 is 1.48. The summed E-state index contributed by atoms with van der Waals surface area (Å²) in [6.07, 6.45) is 1.86. The van der Waals surface area contributed by atoms with E-state index in [1.807, 2.05) is 13.1 Å². The summed E-state index contributed by atoms with van der Waals surface area (Å²) in [5.41, 5.74) is 1.16. The number of fused-ring (bicyclic) bond motifs is 1. The van der Waals surface area contributed by atoms with Gasteiger partial charge in [-0.15, -0.1) is 0 Å². The summed E-state index contributed by atoms with van der Waals surface area (Å²) in [6.45, 7) is 2.04. The van der Waals surface area contributed by atoms with Gasteiger partial charge in [0.15, 0.2) is 0 Å². The smallest absolute Gasteiger partial charge is 0.141 e. The Hall–Kier alpha value is -1.09. The van der Waals surface area contributed by atoms with Crippen LogP contribution in [0.15, 0.2) is 18.3 Å². The van der Waals surface area contributed by atoms with E-state index in [2.05, 4.69) is 16.5 Å². The summed E-state index contributed by atoms with van der Waals surface area (Å²) in [7, 11) is 1.70. The van der Waals surface area contributed by atoms with Crippen molar-refractivity contribution < 1.29 is 4.74 Å². The van der Waals surface area contributed by atoms with E-state index in [0.29, 0.717) is 0 Å². The van der Waals surface area contributed by atoms with Crippen molar-refractivity contribution >= 4 is 21.6 Å². The normalized spacial score (nSPS) is 10.5. The molecule has 62 valence electrons. The van der Waals surface area contributed by atoms with Crippen molar-refractivity contribution in [3.05, 3.63) is 23.9 Å². The SMILES string of the molecule is COc1c(C)ccc2cnsc12. The molecule has 3 heteroatoms. The van der Waals surface area contributed by atoms with E-state index in [9.17, 15) is 0 Å². The minimum absolute atomic E-state index is 0.954. The van der Waals surface area contributed by atoms with Crippen LogP contribution in [0.25, 0.3) is 10.1 Å². The average molecular weight is 179 g/mol. The number of aryl methyl sites for hydroxylation is 1. The van der Waals surface area contributed by atoms with Gasteiger partial charge in [-0.25, -0.2) is 0 Å². The second-order valence-electron chi connectivity index (χ2n) is 2.66. The second kappa shape index (κ2) is 2.75. The Morgan fingerprint density at radius 3 is 3.00 bits per heavy atom. The molecule has 2 rings (SSSR count). The van der Waals surface area contributed by atoms with Crippen LogP contribution in [-0.4, -0.2) is 11.5 Å². The zero-order valence-electron chi connectivity index (χ0n) is 7.00. The molecule has 0 saturated carbocycles. The van der Waals surface area contributed by atoms with Gasteiger partial charge in [0.25, 0.3) is 0 Å². The third-order valence-corrected chi connectivity index (χ3v) is 2.69. The maximum absolute atomic E-state index is 5.29. The predicted molar refractivity (Wildman–Crippen MR) is 50.9 cm³/mol. The molecule has 1 aromatic heterocycles. The zero-order valence-corrected chi connectivity index (χ0v) is 7.81. The Morgan fingerprint density at radius 1 is 1.42 bits per heavy atom. The molecular formula is C9H9NOS. The molecule has 1 heterocycles. The van der Waals surface area contributed by atoms with Gasteiger partial charge in [-0.1, -0.05) is 12.1 Å². The highest BCUT2D eigenvalue weighted by Gasteiger charge is 2.05. The van der Waals surface area contributed by atoms with E-state index in [-0.39, 0.29) is 0 Å². The number of hydrogen-bond acceptors (Lipinski definition) is 3. The van der Waals surface area contributed by atoms with E-state index < -0.39 is 0 Å². The zero-order chi connectivity index (χ0) is 8.55. The molecule has 0 atom stereocenters. The number of nitrogens with zero attached hydrogens (tertiary/aromatic N) is 1. The van der Waals surface area contributed by atoms with E-state index in [0.717, 1.165) is 21.4 Å². The molecule has 12 heavy (non-hydrogen) atoms. The summed E-state index contributed by atoms with van der Waals surface area (Å²) in [6, 6.07) is 4.12. The van der Waals surface area contributed by atoms with Crippen LogP contribution in [0.5, 0.6) is 5.75 Å². The van der Waals surface area contributed by atoms with Gasteiger partial charge in [-0.3, -0.25) is 0 Å². The van der Waals surface area contributed by atoms with Crippen LogP contribution < -0.4 is 4.74 Å². The van der Waals surface area contributed by atoms with Crippen LogP contribution in [0.1, 0.15) is 5.56 Å². The maximum Gasteiger partial charge on any atom is 0.141 e. The molecule has 0 amide bonds. The van der Waals surface area contributed by atoms with E-state index in [4.69, 9.17) is 4.74 Å². The third kappa shape index (κ3) is 0.975. The Balaban J connectivity index is 2.83. The number of ether oxygens (including phenoxy) is 1. The lowest BCUT2D eigenvalue weighted by molar-refractivity contribution is 0.417. The van der Waals surface area contributed by atoms with Crippen LogP contribution in [0, 0.1) is 6.92 Å². The molecule has 0 radical (unpaired) electrons. The lowest BCUT2D eigenvalue weighted by Gasteiger charge is -2.03. The fraction of sp³-hybridized carbons (Fsp3) is 0.222. The van der Waals surface area contributed by atoms with Crippen molar-refractivity contribution in [2.45, 2.75) is 6.92 Å². The van der Waals surface area contributed by atoms with Gasteiger partial charge in [0, 0.05) is 11.6 Å². The molecule has 0 bridgehead atoms. The highest BCUT2D eigenvalue weighted by Crippen LogP contribution is 2.31. The highest BCUT2D eigenvalue weighted by molar-refractivity contribution is 7.13. The van der Waals surface area contributed by atoms with Crippen LogP contribution in [0.4, 0.5) is 0 Å². The van der Waals surface area contributed by atoms with Gasteiger partial charge < -0.3 is 4.74 Å². The third-order valence-electron chi connectivity index (χ3n) is 1.88. The molecule has 0 aliphatic carbocycles. The number of aromatic nitrogens is 1. The number of hydrogen-bond donors (Lipinski definition) is 0. The first-order valence-corrected chi connectivity index (χ1v) is 4.48. The number of rotatable bonds is 1. The quantitative estimate of drug-likeness (QED) is 0.671. The van der Waals surface area contributed by atoms with Crippen molar-refractivity contribution in [1.29, 1.82) is 0 Å². The Morgan fingerprint density at radius 2 is 2.25 bits per heavy atom. The molecule has 0 fully saturated rings. The van der Waals surface area contributed by atoms with Crippen molar-refractivity contribution in [1.82, 2.24) is 4.37 Å². The minimum atomic E-state index is 0.954. The summed E-state index contributed by atoms with van der Waals surface area (Å²) in [4.78, 5) is 0. The topological polar surface area (TPSA) is 22.1 Å². The van der Waals surface area contributed by atoms with Gasteiger partial charge in [0.2, 0.25) is 0 Å². The van der Waals surface area contributed by atoms with Crippen molar-refractivity contribution in [3.63, 3.8) is 0 Å². The maximum atomic E-state index is 5.29. The molecular weight excluding hydrogens is 170 g/mol. The largest absolute Gasteiger partial charge is 0.495 e. The monoisotopic (exact) mass is 179 g/mol. The molecule has 2 nitrogen and oxygen atoms in total. The van der Waals surface area contributed by atoms with Crippen molar-refractivity contribution in [2.75, 3.05) is 7.11 Å². The van der Waals surface area contributed by atoms with Gasteiger partial charge >= 0.3 is 0 Å². The first kappa shape index (κ1) is 7.55. The standard InChI is InChI=1S/C9H9NOS/c1-6-3-4-7-5-10-12-9(7)8(6)11-2/h3-5H,1-2H3. The van der Waals surface area contributed by atoms with Crippen molar-refractivity contribution in [2.24, 2.45) is 0 Å². The summed E-state index contributed by atoms with van der Waals surface area (Å²) in [5.74, 6) is 0.954. The Labute approximate surface area is 75.0 Å². The van der Waals surface area contributed by atoms with Gasteiger partial charge in [0.1, 0.15) is 5.75 Å². The van der Waals surface area contributed by atoms with Crippen LogP contribution in [0.2, 0.25) is 0 Å². The fourth-order valence-corrected chi connectivity index (χ4v) is 2.09. The predicted octanol–water partition coefficient (Wildman–Crippen LogP) is 2.61. The number of methoxy groups -OCH3 is 1. The molecule has 0 N–H and O–H groups in total. The molecule has 2 aromatic rings. The first-order valence-electron chi connectivity index (χ1n) is 3.71. The van der Waals surface area contributed by atoms with Crippen LogP contribution in [-0.2, 0) is 0 Å². The van der Waals surface area contributed by atoms with E-state index in [1.54, 1.807) is 7.11 Å². The van der Waals surface area contributed by atoms with Crippen LogP contribution in [0.3, 0.4) is 0 Å². The van der Waals surface area contributed by atoms with Gasteiger partial charge in [-0.2, -0.15) is 4.37 Å². The Kier molecular flexibility index (Phi) is 1.73. The fourth-order valence-electron chi connectivity index (χ4n) is 1.26. The summed E-state index contributed by atoms with van der Waals surface area (Å²) < 4.78 is 10.5. The Bertz CT molecular complexity index is 408. The molecule has 0 unspecified atom stereocenters. The van der Waals surface area contributed by atoms with Gasteiger partial charge in [0.05, 0.1) is 11.8 Å². The second-order valence-corrected chi connectivity index (χ2v) is 3.46. The lowest BCUT2D eigenvalue weighted by atomic mass is 10.2. The molecule has 0 saturated heterocycles. The van der Waals surface area contributed by atoms with E-state index in [1.165, 1.54) is 11.5 Å². The summed E-state index contributed by atoms with van der Waals surface area (Å²) in [5, 5.41) is 1.16. The van der Waals surface area contributed by atoms with Crippen LogP contribution >= 0.6 is 11.5 Å². The first-order chi connectivity index (χ1) is 5.83.